The Bertz CT molecular complexity index is 663. The summed E-state index contributed by atoms with van der Waals surface area (Å²) in [4.78, 5) is 14.5. The van der Waals surface area contributed by atoms with Crippen molar-refractivity contribution in [2.75, 3.05) is 11.9 Å². The maximum Gasteiger partial charge on any atom is 0.294 e. The molecule has 0 spiro atoms. The highest BCUT2D eigenvalue weighted by Crippen LogP contribution is 2.20. The number of hydrogen-bond donors (Lipinski definition) is 1. The van der Waals surface area contributed by atoms with E-state index in [9.17, 15) is 4.79 Å². The van der Waals surface area contributed by atoms with Gasteiger partial charge in [-0.15, -0.1) is 0 Å². The highest BCUT2D eigenvalue weighted by molar-refractivity contribution is 6.02. The van der Waals surface area contributed by atoms with Crippen LogP contribution in [0.25, 0.3) is 0 Å². The predicted octanol–water partition coefficient (Wildman–Crippen LogP) is 3.61. The second-order valence-corrected chi connectivity index (χ2v) is 6.30. The third-order valence-corrected chi connectivity index (χ3v) is 4.39. The molecule has 0 saturated carbocycles. The van der Waals surface area contributed by atoms with Crippen molar-refractivity contribution >= 4 is 11.6 Å². The number of amides is 1. The Balaban J connectivity index is 1.59. The molecular formula is C18H23N3O2. The second kappa shape index (κ2) is 6.96. The van der Waals surface area contributed by atoms with E-state index in [4.69, 9.17) is 4.52 Å². The van der Waals surface area contributed by atoms with Gasteiger partial charge >= 0.3 is 0 Å². The molecule has 2 heterocycles. The fourth-order valence-corrected chi connectivity index (χ4v) is 2.98. The van der Waals surface area contributed by atoms with Gasteiger partial charge in [0.2, 0.25) is 5.76 Å². The quantitative estimate of drug-likeness (QED) is 0.937. The summed E-state index contributed by atoms with van der Waals surface area (Å²) in [5.41, 5.74) is 2.73. The maximum atomic E-state index is 12.0. The van der Waals surface area contributed by atoms with Crippen LogP contribution in [0.2, 0.25) is 0 Å². The molecule has 0 bridgehead atoms. The minimum absolute atomic E-state index is 0.230. The van der Waals surface area contributed by atoms with Gasteiger partial charge in [0.1, 0.15) is 0 Å². The van der Waals surface area contributed by atoms with Gasteiger partial charge in [-0.25, -0.2) is 0 Å². The van der Waals surface area contributed by atoms with E-state index < -0.39 is 0 Å². The fourth-order valence-electron chi connectivity index (χ4n) is 2.98. The Kier molecular flexibility index (Phi) is 4.76. The first-order valence-corrected chi connectivity index (χ1v) is 8.19. The smallest absolute Gasteiger partial charge is 0.294 e. The van der Waals surface area contributed by atoms with Gasteiger partial charge in [0.25, 0.3) is 5.91 Å². The number of likely N-dealkylation sites (tertiary alicyclic amines) is 1. The summed E-state index contributed by atoms with van der Waals surface area (Å²) in [6.07, 6.45) is 3.91. The molecule has 0 unspecified atom stereocenters. The van der Waals surface area contributed by atoms with Gasteiger partial charge in [0.05, 0.1) is 5.69 Å². The first-order chi connectivity index (χ1) is 11.1. The van der Waals surface area contributed by atoms with Crippen molar-refractivity contribution in [1.82, 2.24) is 10.1 Å². The van der Waals surface area contributed by atoms with E-state index in [2.05, 4.69) is 34.4 Å². The Morgan fingerprint density at radius 2 is 2.13 bits per heavy atom. The number of hydrogen-bond acceptors (Lipinski definition) is 4. The lowest BCUT2D eigenvalue weighted by atomic mass is 10.0. The summed E-state index contributed by atoms with van der Waals surface area (Å²) in [6, 6.07) is 10.3. The van der Waals surface area contributed by atoms with Crippen LogP contribution >= 0.6 is 0 Å². The van der Waals surface area contributed by atoms with Crippen molar-refractivity contribution in [2.45, 2.75) is 45.7 Å². The zero-order valence-corrected chi connectivity index (χ0v) is 13.7. The van der Waals surface area contributed by atoms with Crippen molar-refractivity contribution in [3.05, 3.63) is 47.3 Å². The molecular weight excluding hydrogens is 290 g/mol. The molecule has 0 radical (unpaired) electrons. The van der Waals surface area contributed by atoms with E-state index in [1.54, 1.807) is 13.0 Å². The molecule has 23 heavy (non-hydrogen) atoms. The summed E-state index contributed by atoms with van der Waals surface area (Å²) >= 11 is 0. The number of carbonyl (C=O) groups excluding carboxylic acids is 1. The molecule has 3 rings (SSSR count). The maximum absolute atomic E-state index is 12.0. The molecule has 0 aliphatic carbocycles. The van der Waals surface area contributed by atoms with Gasteiger partial charge in [0, 0.05) is 24.3 Å². The normalized spacial score (nSPS) is 18.8. The van der Waals surface area contributed by atoms with Gasteiger partial charge in [-0.3, -0.25) is 9.69 Å². The minimum atomic E-state index is -0.275. The van der Waals surface area contributed by atoms with Crippen LogP contribution in [-0.2, 0) is 6.54 Å². The molecule has 1 amide bonds. The van der Waals surface area contributed by atoms with E-state index in [1.165, 1.54) is 31.4 Å². The van der Waals surface area contributed by atoms with Crippen LogP contribution in [0.5, 0.6) is 0 Å². The van der Waals surface area contributed by atoms with Gasteiger partial charge in [0.15, 0.2) is 0 Å². The molecule has 122 valence electrons. The largest absolute Gasteiger partial charge is 0.351 e. The number of anilines is 1. The van der Waals surface area contributed by atoms with Crippen molar-refractivity contribution in [3.8, 4) is 0 Å². The molecule has 1 saturated heterocycles. The number of nitrogens with one attached hydrogen (secondary N) is 1. The molecule has 5 heteroatoms. The van der Waals surface area contributed by atoms with Gasteiger partial charge in [-0.1, -0.05) is 23.7 Å². The van der Waals surface area contributed by atoms with E-state index >= 15 is 0 Å². The molecule has 1 aliphatic heterocycles. The molecule has 2 aromatic rings. The molecule has 1 aromatic carbocycles. The van der Waals surface area contributed by atoms with Crippen molar-refractivity contribution in [3.63, 3.8) is 0 Å². The third kappa shape index (κ3) is 3.99. The monoisotopic (exact) mass is 313 g/mol. The van der Waals surface area contributed by atoms with Crippen molar-refractivity contribution in [2.24, 2.45) is 0 Å². The molecule has 1 N–H and O–H groups in total. The highest BCUT2D eigenvalue weighted by Gasteiger charge is 2.18. The van der Waals surface area contributed by atoms with E-state index in [-0.39, 0.29) is 11.7 Å². The van der Waals surface area contributed by atoms with Gasteiger partial charge in [-0.2, -0.15) is 0 Å². The summed E-state index contributed by atoms with van der Waals surface area (Å²) in [6.45, 7) is 6.23. The Hall–Kier alpha value is -2.14. The van der Waals surface area contributed by atoms with E-state index in [1.807, 2.05) is 12.1 Å². The summed E-state index contributed by atoms with van der Waals surface area (Å²) in [5.74, 6) is -0.0447. The lowest BCUT2D eigenvalue weighted by molar-refractivity contribution is 0.0988. The van der Waals surface area contributed by atoms with Crippen LogP contribution in [-0.4, -0.2) is 28.6 Å². The highest BCUT2D eigenvalue weighted by atomic mass is 16.5. The number of benzene rings is 1. The standard InChI is InChI=1S/C18H23N3O2/c1-13-11-17(23-20-13)18(22)19-16-8-6-15(7-9-16)12-21-10-4-3-5-14(21)2/h6-9,11,14H,3-5,10,12H2,1-2H3,(H,19,22)/t14-/m1/s1. The number of aryl methyl sites for hydroxylation is 1. The van der Waals surface area contributed by atoms with Crippen LogP contribution in [0.4, 0.5) is 5.69 Å². The van der Waals surface area contributed by atoms with Crippen molar-refractivity contribution in [1.29, 1.82) is 0 Å². The lowest BCUT2D eigenvalue weighted by Crippen LogP contribution is -2.36. The van der Waals surface area contributed by atoms with Crippen LogP contribution in [0, 0.1) is 6.92 Å². The summed E-state index contributed by atoms with van der Waals surface area (Å²) in [7, 11) is 0. The molecule has 1 atom stereocenters. The average molecular weight is 313 g/mol. The Morgan fingerprint density at radius 3 is 2.78 bits per heavy atom. The predicted molar refractivity (Wildman–Crippen MR) is 89.4 cm³/mol. The zero-order chi connectivity index (χ0) is 16.2. The van der Waals surface area contributed by atoms with Crippen LogP contribution in [0.1, 0.15) is 48.0 Å². The van der Waals surface area contributed by atoms with Gasteiger partial charge < -0.3 is 9.84 Å². The van der Waals surface area contributed by atoms with Crippen LogP contribution in [0.3, 0.4) is 0 Å². The first kappa shape index (κ1) is 15.7. The lowest BCUT2D eigenvalue weighted by Gasteiger charge is -2.33. The molecule has 5 nitrogen and oxygen atoms in total. The topological polar surface area (TPSA) is 58.4 Å². The third-order valence-electron chi connectivity index (χ3n) is 4.39. The fraction of sp³-hybridized carbons (Fsp3) is 0.444. The minimum Gasteiger partial charge on any atom is -0.351 e. The van der Waals surface area contributed by atoms with E-state index in [0.29, 0.717) is 11.7 Å². The number of aromatic nitrogens is 1. The molecule has 1 fully saturated rings. The number of carbonyl (C=O) groups is 1. The summed E-state index contributed by atoms with van der Waals surface area (Å²) < 4.78 is 4.97. The van der Waals surface area contributed by atoms with E-state index in [0.717, 1.165) is 12.2 Å². The zero-order valence-electron chi connectivity index (χ0n) is 13.7. The molecule has 1 aliphatic rings. The first-order valence-electron chi connectivity index (χ1n) is 8.19. The SMILES string of the molecule is Cc1cc(C(=O)Nc2ccc(CN3CCCC[C@H]3C)cc2)on1. The summed E-state index contributed by atoms with van der Waals surface area (Å²) in [5, 5.41) is 6.55. The van der Waals surface area contributed by atoms with Crippen LogP contribution in [0.15, 0.2) is 34.9 Å². The number of nitrogens with zero attached hydrogens (tertiary/aromatic N) is 2. The van der Waals surface area contributed by atoms with Crippen molar-refractivity contribution < 1.29 is 9.32 Å². The van der Waals surface area contributed by atoms with Gasteiger partial charge in [-0.05, 0) is 50.9 Å². The van der Waals surface area contributed by atoms with Crippen LogP contribution < -0.4 is 5.32 Å². The average Bonchev–Trinajstić information content (AvgIpc) is 2.98. The second-order valence-electron chi connectivity index (χ2n) is 6.30. The number of piperidine rings is 1. The number of rotatable bonds is 4. The molecule has 1 aromatic heterocycles. The Labute approximate surface area is 136 Å². The Morgan fingerprint density at radius 1 is 1.35 bits per heavy atom.